The largest absolute Gasteiger partial charge is 0.321 e. The molecule has 18 heavy (non-hydrogen) atoms. The maximum atomic E-state index is 6.69. The Hall–Kier alpha value is -0.820. The van der Waals surface area contributed by atoms with E-state index in [9.17, 15) is 0 Å². The number of nitrogens with two attached hydrogens (primary N) is 1. The monoisotopic (exact) mass is 243 g/mol. The van der Waals surface area contributed by atoms with Gasteiger partial charge in [0.05, 0.1) is 0 Å². The van der Waals surface area contributed by atoms with Crippen molar-refractivity contribution in [1.82, 2.24) is 0 Å². The molecule has 0 spiro atoms. The van der Waals surface area contributed by atoms with Crippen LogP contribution < -0.4 is 5.73 Å². The Bertz CT molecular complexity index is 398. The minimum Gasteiger partial charge on any atom is -0.321 e. The van der Waals surface area contributed by atoms with Gasteiger partial charge in [-0.25, -0.2) is 0 Å². The van der Waals surface area contributed by atoms with Crippen molar-refractivity contribution in [3.8, 4) is 0 Å². The van der Waals surface area contributed by atoms with Gasteiger partial charge in [-0.15, -0.1) is 0 Å². The standard InChI is InChI=1S/C17H25N/c18-17(12-6-7-13-17)16-11-5-4-10-15(16)14-8-2-1-3-9-14/h4-5,10-11,14H,1-3,6-9,12-13,18H2. The van der Waals surface area contributed by atoms with Crippen LogP contribution >= 0.6 is 0 Å². The van der Waals surface area contributed by atoms with E-state index in [2.05, 4.69) is 24.3 Å². The zero-order valence-corrected chi connectivity index (χ0v) is 11.3. The Balaban J connectivity index is 1.93. The number of rotatable bonds is 2. The molecule has 1 aromatic carbocycles. The van der Waals surface area contributed by atoms with Gasteiger partial charge in [0.2, 0.25) is 0 Å². The van der Waals surface area contributed by atoms with E-state index in [1.165, 1.54) is 63.4 Å². The first-order valence-electron chi connectivity index (χ1n) is 7.68. The normalized spacial score (nSPS) is 24.3. The van der Waals surface area contributed by atoms with Gasteiger partial charge in [-0.1, -0.05) is 56.4 Å². The molecule has 3 rings (SSSR count). The highest BCUT2D eigenvalue weighted by molar-refractivity contribution is 5.37. The molecular weight excluding hydrogens is 218 g/mol. The van der Waals surface area contributed by atoms with Crippen LogP contribution in [-0.4, -0.2) is 0 Å². The smallest absolute Gasteiger partial charge is 0.0412 e. The second kappa shape index (κ2) is 5.05. The molecule has 0 atom stereocenters. The molecule has 0 aromatic heterocycles. The van der Waals surface area contributed by atoms with Crippen molar-refractivity contribution in [3.63, 3.8) is 0 Å². The molecular formula is C17H25N. The number of benzene rings is 1. The molecule has 2 aliphatic carbocycles. The lowest BCUT2D eigenvalue weighted by molar-refractivity contribution is 0.416. The van der Waals surface area contributed by atoms with Crippen molar-refractivity contribution < 1.29 is 0 Å². The predicted octanol–water partition coefficient (Wildman–Crippen LogP) is 4.46. The van der Waals surface area contributed by atoms with Crippen LogP contribution in [0.2, 0.25) is 0 Å². The molecule has 0 aliphatic heterocycles. The zero-order chi connectivity index (χ0) is 12.4. The van der Waals surface area contributed by atoms with Crippen molar-refractivity contribution in [2.45, 2.75) is 69.2 Å². The van der Waals surface area contributed by atoms with Crippen LogP contribution in [0, 0.1) is 0 Å². The minimum atomic E-state index is -0.0198. The fourth-order valence-electron chi connectivity index (χ4n) is 4.00. The first kappa shape index (κ1) is 12.2. The molecule has 2 fully saturated rings. The Labute approximate surface area is 111 Å². The Morgan fingerprint density at radius 3 is 2.28 bits per heavy atom. The van der Waals surface area contributed by atoms with Gasteiger partial charge in [-0.05, 0) is 42.7 Å². The molecule has 0 amide bonds. The van der Waals surface area contributed by atoms with Gasteiger partial charge in [-0.2, -0.15) is 0 Å². The van der Waals surface area contributed by atoms with Crippen molar-refractivity contribution in [3.05, 3.63) is 35.4 Å². The van der Waals surface area contributed by atoms with Crippen LogP contribution in [0.15, 0.2) is 24.3 Å². The summed E-state index contributed by atoms with van der Waals surface area (Å²) in [6, 6.07) is 9.02. The predicted molar refractivity (Wildman–Crippen MR) is 76.6 cm³/mol. The molecule has 1 heteroatoms. The van der Waals surface area contributed by atoms with Crippen LogP contribution in [-0.2, 0) is 5.54 Å². The summed E-state index contributed by atoms with van der Waals surface area (Å²) in [5.74, 6) is 0.774. The highest BCUT2D eigenvalue weighted by Crippen LogP contribution is 2.42. The molecule has 0 heterocycles. The molecule has 98 valence electrons. The Morgan fingerprint density at radius 1 is 0.889 bits per heavy atom. The SMILES string of the molecule is NC1(c2ccccc2C2CCCCC2)CCCC1. The van der Waals surface area contributed by atoms with E-state index < -0.39 is 0 Å². The van der Waals surface area contributed by atoms with Gasteiger partial charge in [0.1, 0.15) is 0 Å². The van der Waals surface area contributed by atoms with Gasteiger partial charge in [-0.3, -0.25) is 0 Å². The molecule has 0 saturated heterocycles. The van der Waals surface area contributed by atoms with Gasteiger partial charge in [0, 0.05) is 5.54 Å². The molecule has 2 N–H and O–H groups in total. The van der Waals surface area contributed by atoms with Crippen LogP contribution in [0.1, 0.15) is 74.8 Å². The first-order valence-corrected chi connectivity index (χ1v) is 7.68. The summed E-state index contributed by atoms with van der Waals surface area (Å²) in [4.78, 5) is 0. The van der Waals surface area contributed by atoms with Crippen molar-refractivity contribution in [1.29, 1.82) is 0 Å². The van der Waals surface area contributed by atoms with E-state index >= 15 is 0 Å². The van der Waals surface area contributed by atoms with Gasteiger partial charge in [0.25, 0.3) is 0 Å². The highest BCUT2D eigenvalue weighted by Gasteiger charge is 2.34. The lowest BCUT2D eigenvalue weighted by atomic mass is 9.77. The molecule has 1 aromatic rings. The lowest BCUT2D eigenvalue weighted by Crippen LogP contribution is -2.34. The quantitative estimate of drug-likeness (QED) is 0.815. The highest BCUT2D eigenvalue weighted by atomic mass is 14.8. The Morgan fingerprint density at radius 2 is 1.56 bits per heavy atom. The molecule has 0 bridgehead atoms. The van der Waals surface area contributed by atoms with Crippen LogP contribution in [0.25, 0.3) is 0 Å². The zero-order valence-electron chi connectivity index (χ0n) is 11.3. The summed E-state index contributed by atoms with van der Waals surface area (Å²) in [6.07, 6.45) is 11.9. The summed E-state index contributed by atoms with van der Waals surface area (Å²) in [6.45, 7) is 0. The average molecular weight is 243 g/mol. The Kier molecular flexibility index (Phi) is 3.43. The van der Waals surface area contributed by atoms with E-state index in [1.54, 1.807) is 5.56 Å². The maximum absolute atomic E-state index is 6.69. The fraction of sp³-hybridized carbons (Fsp3) is 0.647. The third-order valence-corrected chi connectivity index (χ3v) is 5.04. The summed E-state index contributed by atoms with van der Waals surface area (Å²) < 4.78 is 0. The van der Waals surface area contributed by atoms with E-state index in [4.69, 9.17) is 5.73 Å². The second-order valence-corrected chi connectivity index (χ2v) is 6.29. The third-order valence-electron chi connectivity index (χ3n) is 5.04. The maximum Gasteiger partial charge on any atom is 0.0412 e. The number of hydrogen-bond donors (Lipinski definition) is 1. The van der Waals surface area contributed by atoms with E-state index in [0.29, 0.717) is 0 Å². The average Bonchev–Trinajstić information content (AvgIpc) is 2.88. The van der Waals surface area contributed by atoms with E-state index in [-0.39, 0.29) is 5.54 Å². The van der Waals surface area contributed by atoms with Crippen LogP contribution in [0.4, 0.5) is 0 Å². The van der Waals surface area contributed by atoms with Gasteiger partial charge < -0.3 is 5.73 Å². The van der Waals surface area contributed by atoms with Gasteiger partial charge >= 0.3 is 0 Å². The summed E-state index contributed by atoms with van der Waals surface area (Å²) in [5, 5.41) is 0. The topological polar surface area (TPSA) is 26.0 Å². The molecule has 0 unspecified atom stereocenters. The second-order valence-electron chi connectivity index (χ2n) is 6.29. The van der Waals surface area contributed by atoms with E-state index in [0.717, 1.165) is 5.92 Å². The molecule has 0 radical (unpaired) electrons. The molecule has 2 aliphatic rings. The minimum absolute atomic E-state index is 0.0198. The molecule has 2 saturated carbocycles. The van der Waals surface area contributed by atoms with E-state index in [1.807, 2.05) is 0 Å². The molecule has 1 nitrogen and oxygen atoms in total. The first-order chi connectivity index (χ1) is 8.80. The van der Waals surface area contributed by atoms with Crippen molar-refractivity contribution >= 4 is 0 Å². The summed E-state index contributed by atoms with van der Waals surface area (Å²) in [7, 11) is 0. The fourth-order valence-corrected chi connectivity index (χ4v) is 4.00. The lowest BCUT2D eigenvalue weighted by Gasteiger charge is -2.31. The van der Waals surface area contributed by atoms with Crippen molar-refractivity contribution in [2.75, 3.05) is 0 Å². The van der Waals surface area contributed by atoms with Gasteiger partial charge in [0.15, 0.2) is 0 Å². The number of hydrogen-bond acceptors (Lipinski definition) is 1. The van der Waals surface area contributed by atoms with Crippen molar-refractivity contribution in [2.24, 2.45) is 5.73 Å². The summed E-state index contributed by atoms with van der Waals surface area (Å²) >= 11 is 0. The van der Waals surface area contributed by atoms with Crippen LogP contribution in [0.5, 0.6) is 0 Å². The summed E-state index contributed by atoms with van der Waals surface area (Å²) in [5.41, 5.74) is 9.71. The van der Waals surface area contributed by atoms with Crippen LogP contribution in [0.3, 0.4) is 0 Å². The third kappa shape index (κ3) is 2.21.